The number of aromatic nitrogens is 3. The Bertz CT molecular complexity index is 1110. The molecule has 0 radical (unpaired) electrons. The van der Waals surface area contributed by atoms with Crippen LogP contribution in [0.5, 0.6) is 0 Å². The number of halogens is 1. The Labute approximate surface area is 205 Å². The van der Waals surface area contributed by atoms with E-state index in [4.69, 9.17) is 4.42 Å². The summed E-state index contributed by atoms with van der Waals surface area (Å²) in [7, 11) is 3.95. The Balaban J connectivity index is 0.00000153. The number of hydrogen-bond acceptors (Lipinski definition) is 8. The number of nitrogens with zero attached hydrogens (tertiary/aromatic N) is 6. The van der Waals surface area contributed by atoms with Crippen molar-refractivity contribution in [1.82, 2.24) is 19.7 Å². The van der Waals surface area contributed by atoms with Gasteiger partial charge in [-0.1, -0.05) is 0 Å². The van der Waals surface area contributed by atoms with E-state index in [0.29, 0.717) is 24.7 Å². The average Bonchev–Trinajstić information content (AvgIpc) is 3.49. The highest BCUT2D eigenvalue weighted by molar-refractivity contribution is 7.59. The number of carbonyl (C=O) groups excluding carboxylic acids is 1. The van der Waals surface area contributed by atoms with Gasteiger partial charge >= 0.3 is 0 Å². The predicted octanol–water partition coefficient (Wildman–Crippen LogP) is 1.67. The van der Waals surface area contributed by atoms with Crippen molar-refractivity contribution in [3.05, 3.63) is 30.3 Å². The summed E-state index contributed by atoms with van der Waals surface area (Å²) in [6.07, 6.45) is 3.55. The summed E-state index contributed by atoms with van der Waals surface area (Å²) in [5.74, 6) is -0.327. The molecule has 0 aliphatic carbocycles. The number of piperazine rings is 1. The van der Waals surface area contributed by atoms with Gasteiger partial charge in [0.25, 0.3) is 11.9 Å². The summed E-state index contributed by atoms with van der Waals surface area (Å²) in [5, 5.41) is 18.3. The molecule has 0 bridgehead atoms. The minimum Gasteiger partial charge on any atom is -0.431 e. The van der Waals surface area contributed by atoms with E-state index in [1.807, 2.05) is 19.2 Å². The minimum atomic E-state index is -0.366. The Morgan fingerprint density at radius 3 is 2.61 bits per heavy atom. The molecule has 4 heterocycles. The zero-order valence-electron chi connectivity index (χ0n) is 18.7. The van der Waals surface area contributed by atoms with Crippen LogP contribution in [0.4, 0.5) is 17.4 Å². The van der Waals surface area contributed by atoms with E-state index in [2.05, 4.69) is 37.1 Å². The average molecular weight is 496 g/mol. The Hall–Kier alpha value is -2.47. The van der Waals surface area contributed by atoms with Gasteiger partial charge in [0.15, 0.2) is 5.69 Å². The number of rotatable bonds is 4. The molecule has 2 aliphatic heterocycles. The zero-order valence-corrected chi connectivity index (χ0v) is 20.5. The number of aryl methyl sites for hydroxylation is 1. The number of carbonyl (C=O) groups is 1. The van der Waals surface area contributed by atoms with Gasteiger partial charge < -0.3 is 29.5 Å². The van der Waals surface area contributed by atoms with Crippen LogP contribution in [0.1, 0.15) is 16.9 Å². The maximum Gasteiger partial charge on any atom is 0.298 e. The van der Waals surface area contributed by atoms with Crippen molar-refractivity contribution >= 4 is 60.1 Å². The van der Waals surface area contributed by atoms with E-state index in [-0.39, 0.29) is 43.6 Å². The Kier molecular flexibility index (Phi) is 7.78. The number of hydrogen-bond donors (Lipinski definition) is 2. The number of oxazole rings is 1. The number of aliphatic hydroxyl groups excluding tert-OH is 1. The lowest BCUT2D eigenvalue weighted by atomic mass is 10.1. The lowest BCUT2D eigenvalue weighted by Gasteiger charge is -2.31. The molecule has 10 nitrogen and oxygen atoms in total. The molecular weight excluding hydrogens is 466 g/mol. The van der Waals surface area contributed by atoms with Gasteiger partial charge in [0.2, 0.25) is 0 Å². The van der Waals surface area contributed by atoms with Gasteiger partial charge in [0.1, 0.15) is 6.26 Å². The second-order valence-corrected chi connectivity index (χ2v) is 8.34. The van der Waals surface area contributed by atoms with Gasteiger partial charge in [-0.15, -0.1) is 12.4 Å². The molecular formula is C21H30ClN7O3S. The van der Waals surface area contributed by atoms with Gasteiger partial charge in [-0.3, -0.25) is 9.48 Å². The Morgan fingerprint density at radius 1 is 1.15 bits per heavy atom. The molecule has 33 heavy (non-hydrogen) atoms. The summed E-state index contributed by atoms with van der Waals surface area (Å²) in [5.41, 5.74) is 2.69. The van der Waals surface area contributed by atoms with E-state index in [1.165, 1.54) is 6.26 Å². The predicted molar refractivity (Wildman–Crippen MR) is 135 cm³/mol. The molecule has 2 fully saturated rings. The molecule has 0 spiro atoms. The summed E-state index contributed by atoms with van der Waals surface area (Å²) in [4.78, 5) is 23.8. The molecule has 1 atom stereocenters. The molecule has 12 heteroatoms. The molecule has 2 saturated heterocycles. The number of fused-ring (bicyclic) bond motifs is 1. The summed E-state index contributed by atoms with van der Waals surface area (Å²) in [6, 6.07) is 4.40. The van der Waals surface area contributed by atoms with Crippen molar-refractivity contribution in [2.24, 2.45) is 7.05 Å². The molecule has 3 aromatic rings. The second-order valence-electron chi connectivity index (χ2n) is 8.34. The van der Waals surface area contributed by atoms with Crippen LogP contribution in [-0.2, 0) is 7.05 Å². The molecule has 2 aromatic heterocycles. The van der Waals surface area contributed by atoms with Gasteiger partial charge in [-0.2, -0.15) is 23.6 Å². The van der Waals surface area contributed by atoms with Crippen LogP contribution in [0.15, 0.2) is 29.0 Å². The largest absolute Gasteiger partial charge is 0.431 e. The summed E-state index contributed by atoms with van der Waals surface area (Å²) in [6.45, 7) is 4.76. The van der Waals surface area contributed by atoms with E-state index < -0.39 is 0 Å². The minimum absolute atomic E-state index is 0. The lowest BCUT2D eigenvalue weighted by molar-refractivity contribution is 0.102. The van der Waals surface area contributed by atoms with Gasteiger partial charge in [-0.25, -0.2) is 0 Å². The number of β-amino-alcohol motifs (C(OH)–C–C–N with tert-alkyl or cyclic N) is 1. The SMILES string of the molecule is CN1CCN(c2nc(C(=O)Nc3cc4c(cnn4C)cc3N3CC[C@H](O)C3)co2)CC1.Cl.S. The first-order chi connectivity index (χ1) is 15.0. The molecule has 2 N–H and O–H groups in total. The second kappa shape index (κ2) is 10.2. The van der Waals surface area contributed by atoms with Crippen molar-refractivity contribution in [3.8, 4) is 0 Å². The molecule has 1 amide bonds. The van der Waals surface area contributed by atoms with Gasteiger partial charge in [0, 0.05) is 51.7 Å². The number of anilines is 3. The van der Waals surface area contributed by atoms with Crippen molar-refractivity contribution in [1.29, 1.82) is 0 Å². The van der Waals surface area contributed by atoms with E-state index in [0.717, 1.165) is 49.3 Å². The third kappa shape index (κ3) is 5.06. The molecule has 180 valence electrons. The van der Waals surface area contributed by atoms with E-state index >= 15 is 0 Å². The first kappa shape index (κ1) is 25.2. The van der Waals surface area contributed by atoms with E-state index in [1.54, 1.807) is 10.9 Å². The maximum absolute atomic E-state index is 13.0. The van der Waals surface area contributed by atoms with Crippen molar-refractivity contribution in [2.75, 3.05) is 61.4 Å². The summed E-state index contributed by atoms with van der Waals surface area (Å²) >= 11 is 0. The highest BCUT2D eigenvalue weighted by Crippen LogP contribution is 2.34. The molecule has 0 unspecified atom stereocenters. The van der Waals surface area contributed by atoms with Crippen molar-refractivity contribution < 1.29 is 14.3 Å². The topological polar surface area (TPSA) is 103 Å². The van der Waals surface area contributed by atoms with Crippen LogP contribution in [0.2, 0.25) is 0 Å². The lowest BCUT2D eigenvalue weighted by Crippen LogP contribution is -2.44. The maximum atomic E-state index is 13.0. The number of nitrogens with one attached hydrogen (secondary N) is 1. The number of benzene rings is 1. The van der Waals surface area contributed by atoms with Crippen molar-refractivity contribution in [2.45, 2.75) is 12.5 Å². The normalized spacial score (nSPS) is 18.8. The van der Waals surface area contributed by atoms with Crippen LogP contribution in [0.25, 0.3) is 10.9 Å². The highest BCUT2D eigenvalue weighted by atomic mass is 35.5. The van der Waals surface area contributed by atoms with Crippen LogP contribution < -0.4 is 15.1 Å². The smallest absolute Gasteiger partial charge is 0.298 e. The van der Waals surface area contributed by atoms with Crippen LogP contribution in [0.3, 0.4) is 0 Å². The highest BCUT2D eigenvalue weighted by Gasteiger charge is 2.25. The third-order valence-electron chi connectivity index (χ3n) is 6.11. The zero-order chi connectivity index (χ0) is 21.5. The molecule has 2 aliphatic rings. The van der Waals surface area contributed by atoms with Crippen LogP contribution in [-0.4, -0.2) is 83.1 Å². The number of aliphatic hydroxyl groups is 1. The molecule has 5 rings (SSSR count). The first-order valence-electron chi connectivity index (χ1n) is 10.6. The van der Waals surface area contributed by atoms with Gasteiger partial charge in [-0.05, 0) is 25.6 Å². The fraction of sp³-hybridized carbons (Fsp3) is 0.476. The number of amides is 1. The first-order valence-corrected chi connectivity index (χ1v) is 10.6. The molecule has 1 aromatic carbocycles. The standard InChI is InChI=1S/C21H27N7O3.ClH.H2S/c1-25-5-7-27(8-6-25)21-24-17(13-31-21)20(30)23-16-10-18-14(11-22-26(18)2)9-19(16)28-4-3-15(29)12-28;;/h9-11,13,15,29H,3-8,12H2,1-2H3,(H,23,30);1H;1H2/t15-;;/m0../s1. The van der Waals surface area contributed by atoms with E-state index in [9.17, 15) is 9.90 Å². The van der Waals surface area contributed by atoms with Crippen LogP contribution in [0, 0.1) is 0 Å². The fourth-order valence-electron chi connectivity index (χ4n) is 4.21. The van der Waals surface area contributed by atoms with Crippen molar-refractivity contribution in [3.63, 3.8) is 0 Å². The Morgan fingerprint density at radius 2 is 1.91 bits per heavy atom. The molecule has 0 saturated carbocycles. The monoisotopic (exact) mass is 495 g/mol. The fourth-order valence-corrected chi connectivity index (χ4v) is 4.21. The van der Waals surface area contributed by atoms with Gasteiger partial charge in [0.05, 0.1) is 29.2 Å². The third-order valence-corrected chi connectivity index (χ3v) is 6.11. The number of likely N-dealkylation sites (N-methyl/N-ethyl adjacent to an activating group) is 1. The quantitative estimate of drug-likeness (QED) is 0.563. The van der Waals surface area contributed by atoms with Crippen LogP contribution >= 0.6 is 25.9 Å². The summed E-state index contributed by atoms with van der Waals surface area (Å²) < 4.78 is 7.37.